The first-order valence-electron chi connectivity index (χ1n) is 9.69. The maximum absolute atomic E-state index is 13.0. The van der Waals surface area contributed by atoms with E-state index < -0.39 is 36.4 Å². The molecule has 0 saturated heterocycles. The van der Waals surface area contributed by atoms with Crippen LogP contribution in [-0.2, 0) is 19.9 Å². The molecule has 0 heterocycles. The number of amides is 1. The molecule has 33 heavy (non-hydrogen) atoms. The molecule has 1 N–H and O–H groups in total. The number of sulfone groups is 1. The van der Waals surface area contributed by atoms with Crippen molar-refractivity contribution in [2.24, 2.45) is 0 Å². The Labute approximate surface area is 190 Å². The number of sulfonamides is 1. The topological polar surface area (TPSA) is 101 Å². The molecule has 0 aromatic heterocycles. The van der Waals surface area contributed by atoms with Gasteiger partial charge in [0.05, 0.1) is 21.2 Å². The number of hydrogen-bond acceptors (Lipinski definition) is 5. The fourth-order valence-electron chi connectivity index (χ4n) is 3.10. The third kappa shape index (κ3) is 5.04. The predicted molar refractivity (Wildman–Crippen MR) is 121 cm³/mol. The number of para-hydroxylation sites is 2. The first kappa shape index (κ1) is 24.3. The molecule has 3 rings (SSSR count). The number of carbonyl (C=O) groups excluding carboxylic acids is 1. The number of rotatable bonds is 8. The number of nitrogens with zero attached hydrogens (tertiary/aromatic N) is 1. The normalized spacial score (nSPS) is 11.9. The van der Waals surface area contributed by atoms with E-state index in [0.29, 0.717) is 5.69 Å². The highest BCUT2D eigenvalue weighted by molar-refractivity contribution is 7.93. The Morgan fingerprint density at radius 3 is 2.03 bits per heavy atom. The second-order valence-corrected chi connectivity index (χ2v) is 10.5. The van der Waals surface area contributed by atoms with E-state index in [2.05, 4.69) is 5.32 Å². The molecule has 1 amide bonds. The van der Waals surface area contributed by atoms with Crippen molar-refractivity contribution >= 4 is 37.1 Å². The van der Waals surface area contributed by atoms with Crippen LogP contribution in [0.4, 0.5) is 20.2 Å². The number of halogens is 2. The maximum atomic E-state index is 13.0. The van der Waals surface area contributed by atoms with Crippen molar-refractivity contribution in [1.82, 2.24) is 0 Å². The number of nitrogens with one attached hydrogen (secondary N) is 1. The second kappa shape index (κ2) is 9.67. The quantitative estimate of drug-likeness (QED) is 0.507. The lowest BCUT2D eigenvalue weighted by Gasteiger charge is -2.23. The average Bonchev–Trinajstić information content (AvgIpc) is 2.80. The molecule has 0 bridgehead atoms. The van der Waals surface area contributed by atoms with Crippen LogP contribution in [-0.4, -0.2) is 35.0 Å². The van der Waals surface area contributed by atoms with Gasteiger partial charge in [-0.05, 0) is 55.5 Å². The van der Waals surface area contributed by atoms with E-state index in [9.17, 15) is 30.4 Å². The van der Waals surface area contributed by atoms with Crippen LogP contribution < -0.4 is 9.62 Å². The van der Waals surface area contributed by atoms with Crippen molar-refractivity contribution < 1.29 is 30.4 Å². The molecule has 174 valence electrons. The zero-order valence-electron chi connectivity index (χ0n) is 17.4. The van der Waals surface area contributed by atoms with Gasteiger partial charge in [-0.1, -0.05) is 30.3 Å². The molecule has 0 aliphatic carbocycles. The summed E-state index contributed by atoms with van der Waals surface area (Å²) in [6.45, 7) is 1.88. The molecular formula is C22H20F2N2O5S2. The molecule has 0 radical (unpaired) electrons. The number of carbonyl (C=O) groups is 1. The van der Waals surface area contributed by atoms with Gasteiger partial charge in [-0.25, -0.2) is 16.8 Å². The second-order valence-electron chi connectivity index (χ2n) is 6.79. The summed E-state index contributed by atoms with van der Waals surface area (Å²) < 4.78 is 76.9. The number of hydrogen-bond donors (Lipinski definition) is 1. The first-order chi connectivity index (χ1) is 15.6. The summed E-state index contributed by atoms with van der Waals surface area (Å²) in [6, 6.07) is 18.3. The Morgan fingerprint density at radius 1 is 0.879 bits per heavy atom. The van der Waals surface area contributed by atoms with E-state index in [1.54, 1.807) is 37.3 Å². The Morgan fingerprint density at radius 2 is 1.45 bits per heavy atom. The SMILES string of the molecule is CCN(c1ccccc1)S(=O)(=O)c1ccc(C(=O)Nc2ccccc2S(=O)(=O)C(F)F)cc1. The van der Waals surface area contributed by atoms with Gasteiger partial charge in [0, 0.05) is 12.1 Å². The minimum Gasteiger partial charge on any atom is -0.321 e. The van der Waals surface area contributed by atoms with Gasteiger partial charge in [-0.3, -0.25) is 9.10 Å². The fraction of sp³-hybridized carbons (Fsp3) is 0.136. The average molecular weight is 495 g/mol. The Hall–Kier alpha value is -3.31. The van der Waals surface area contributed by atoms with Gasteiger partial charge in [0.15, 0.2) is 0 Å². The highest BCUT2D eigenvalue weighted by atomic mass is 32.2. The number of alkyl halides is 2. The van der Waals surface area contributed by atoms with Crippen LogP contribution in [0.15, 0.2) is 88.7 Å². The zero-order chi connectivity index (χ0) is 24.2. The van der Waals surface area contributed by atoms with Crippen LogP contribution in [0.3, 0.4) is 0 Å². The lowest BCUT2D eigenvalue weighted by Crippen LogP contribution is -2.30. The lowest BCUT2D eigenvalue weighted by atomic mass is 10.2. The molecular weight excluding hydrogens is 474 g/mol. The van der Waals surface area contributed by atoms with Crippen LogP contribution in [0.2, 0.25) is 0 Å². The Kier molecular flexibility index (Phi) is 7.13. The van der Waals surface area contributed by atoms with Crippen molar-refractivity contribution in [3.8, 4) is 0 Å². The third-order valence-electron chi connectivity index (χ3n) is 4.71. The standard InChI is InChI=1S/C22H20F2N2O5S2/c1-2-26(17-8-4-3-5-9-17)33(30,31)18-14-12-16(13-15-18)21(27)25-19-10-6-7-11-20(19)32(28,29)22(23)24/h3-15,22H,2H2,1H3,(H,25,27). The van der Waals surface area contributed by atoms with E-state index in [1.165, 1.54) is 46.8 Å². The van der Waals surface area contributed by atoms with Crippen LogP contribution in [0.1, 0.15) is 17.3 Å². The monoisotopic (exact) mass is 494 g/mol. The van der Waals surface area contributed by atoms with Crippen molar-refractivity contribution in [1.29, 1.82) is 0 Å². The van der Waals surface area contributed by atoms with E-state index in [1.807, 2.05) is 0 Å². The summed E-state index contributed by atoms with van der Waals surface area (Å²) in [7, 11) is -8.84. The minimum atomic E-state index is -4.93. The molecule has 11 heteroatoms. The molecule has 0 saturated carbocycles. The van der Waals surface area contributed by atoms with E-state index in [-0.39, 0.29) is 22.7 Å². The Balaban J connectivity index is 1.86. The highest BCUT2D eigenvalue weighted by Gasteiger charge is 2.29. The van der Waals surface area contributed by atoms with Crippen LogP contribution >= 0.6 is 0 Å². The summed E-state index contributed by atoms with van der Waals surface area (Å²) >= 11 is 0. The fourth-order valence-corrected chi connectivity index (χ4v) is 5.46. The van der Waals surface area contributed by atoms with Gasteiger partial charge in [-0.15, -0.1) is 0 Å². The zero-order valence-corrected chi connectivity index (χ0v) is 19.0. The molecule has 0 unspecified atom stereocenters. The molecule has 0 aliphatic rings. The summed E-state index contributed by atoms with van der Waals surface area (Å²) in [4.78, 5) is 11.8. The minimum absolute atomic E-state index is 0.0148. The van der Waals surface area contributed by atoms with Gasteiger partial charge in [0.1, 0.15) is 0 Å². The largest absolute Gasteiger partial charge is 0.341 e. The van der Waals surface area contributed by atoms with Crippen LogP contribution in [0.5, 0.6) is 0 Å². The maximum Gasteiger partial charge on any atom is 0.341 e. The van der Waals surface area contributed by atoms with E-state index in [0.717, 1.165) is 6.07 Å². The molecule has 3 aromatic carbocycles. The van der Waals surface area contributed by atoms with Gasteiger partial charge < -0.3 is 5.32 Å². The van der Waals surface area contributed by atoms with Gasteiger partial charge in [-0.2, -0.15) is 8.78 Å². The van der Waals surface area contributed by atoms with Crippen molar-refractivity contribution in [3.05, 3.63) is 84.4 Å². The summed E-state index contributed by atoms with van der Waals surface area (Å²) in [5.41, 5.74) is 0.195. The van der Waals surface area contributed by atoms with Crippen molar-refractivity contribution in [2.45, 2.75) is 22.5 Å². The van der Waals surface area contributed by atoms with Crippen molar-refractivity contribution in [2.75, 3.05) is 16.2 Å². The van der Waals surface area contributed by atoms with Gasteiger partial charge in [0.2, 0.25) is 9.84 Å². The van der Waals surface area contributed by atoms with E-state index in [4.69, 9.17) is 0 Å². The number of benzene rings is 3. The Bertz CT molecular complexity index is 1350. The predicted octanol–water partition coefficient (Wildman–Crippen LogP) is 4.15. The smallest absolute Gasteiger partial charge is 0.321 e. The van der Waals surface area contributed by atoms with Gasteiger partial charge in [0.25, 0.3) is 15.9 Å². The molecule has 0 atom stereocenters. The van der Waals surface area contributed by atoms with Crippen LogP contribution in [0.25, 0.3) is 0 Å². The molecule has 3 aromatic rings. The first-order valence-corrected chi connectivity index (χ1v) is 12.7. The van der Waals surface area contributed by atoms with Crippen LogP contribution in [0, 0.1) is 0 Å². The molecule has 0 spiro atoms. The number of anilines is 2. The summed E-state index contributed by atoms with van der Waals surface area (Å²) in [6.07, 6.45) is 0. The van der Waals surface area contributed by atoms with Gasteiger partial charge >= 0.3 is 5.76 Å². The van der Waals surface area contributed by atoms with E-state index >= 15 is 0 Å². The highest BCUT2D eigenvalue weighted by Crippen LogP contribution is 2.27. The summed E-state index contributed by atoms with van der Waals surface area (Å²) in [5, 5.41) is 2.29. The molecule has 0 fully saturated rings. The van der Waals surface area contributed by atoms with Crippen molar-refractivity contribution in [3.63, 3.8) is 0 Å². The third-order valence-corrected chi connectivity index (χ3v) is 8.07. The summed E-state index contributed by atoms with van der Waals surface area (Å²) in [5.74, 6) is -4.43. The lowest BCUT2D eigenvalue weighted by molar-refractivity contribution is 0.102. The molecule has 7 nitrogen and oxygen atoms in total. The molecule has 0 aliphatic heterocycles.